The minimum atomic E-state index is -1.77. The van der Waals surface area contributed by atoms with Crippen LogP contribution in [0.4, 0.5) is 0 Å². The molecule has 0 saturated heterocycles. The molecule has 3 nitrogen and oxygen atoms in total. The summed E-state index contributed by atoms with van der Waals surface area (Å²) in [6.07, 6.45) is 3.83. The summed E-state index contributed by atoms with van der Waals surface area (Å²) in [6.45, 7) is 5.95. The summed E-state index contributed by atoms with van der Waals surface area (Å²) in [7, 11) is 0. The zero-order valence-corrected chi connectivity index (χ0v) is 31.6. The summed E-state index contributed by atoms with van der Waals surface area (Å²) in [5.74, 6) is 6.53. The Hall–Kier alpha value is -3.83. The van der Waals surface area contributed by atoms with Gasteiger partial charge in [-0.15, -0.1) is 17.7 Å². The molecule has 4 aromatic carbocycles. The standard InChI is InChI=1S/C26H20NO.C15H18GeN.Ir/c1-17(2)19-12-13-27-24(14-19)21-9-11-23-22-10-8-20(18-6-4-3-5-7-18)15-25(22)28-26(23)16-21;1-12-10-15(13-8-6-5-7-9-13)17-11-14(12)16(2,3)4;/h3-15,17H,1-2H3;5-8,10-11H,1-4H3;/q2*-1;/i17D;;. The van der Waals surface area contributed by atoms with Crippen molar-refractivity contribution in [2.45, 2.75) is 43.9 Å². The third-order valence-electron chi connectivity index (χ3n) is 8.02. The van der Waals surface area contributed by atoms with Crippen molar-refractivity contribution in [1.82, 2.24) is 9.97 Å². The average molecular weight is 841 g/mol. The van der Waals surface area contributed by atoms with Crippen LogP contribution >= 0.6 is 0 Å². The molecule has 0 saturated carbocycles. The van der Waals surface area contributed by atoms with Gasteiger partial charge in [0.2, 0.25) is 0 Å². The molecule has 0 spiro atoms. The molecule has 7 rings (SSSR count). The number of hydrogen-bond acceptors (Lipinski definition) is 3. The molecule has 3 heterocycles. The van der Waals surface area contributed by atoms with Gasteiger partial charge in [-0.05, 0) is 40.2 Å². The van der Waals surface area contributed by atoms with Crippen LogP contribution in [0.2, 0.25) is 17.3 Å². The molecular formula is C41H38GeIrN2O-2. The van der Waals surface area contributed by atoms with E-state index < -0.39 is 19.2 Å². The van der Waals surface area contributed by atoms with Crippen molar-refractivity contribution in [2.24, 2.45) is 0 Å². The molecule has 1 radical (unpaired) electrons. The Kier molecular flexibility index (Phi) is 9.98. The van der Waals surface area contributed by atoms with Gasteiger partial charge in [-0.25, -0.2) is 0 Å². The van der Waals surface area contributed by atoms with Crippen LogP contribution in [0, 0.1) is 19.1 Å². The second kappa shape index (κ2) is 14.3. The normalized spacial score (nSPS) is 11.8. The third-order valence-corrected chi connectivity index (χ3v) is 12.5. The van der Waals surface area contributed by atoms with Crippen molar-refractivity contribution < 1.29 is 25.9 Å². The molecule has 0 amide bonds. The molecule has 0 unspecified atom stereocenters. The maximum absolute atomic E-state index is 8.27. The number of hydrogen-bond donors (Lipinski definition) is 0. The van der Waals surface area contributed by atoms with E-state index in [1.54, 1.807) is 6.20 Å². The Bertz CT molecular complexity index is 2130. The van der Waals surface area contributed by atoms with E-state index in [2.05, 4.69) is 101 Å². The smallest absolute Gasteiger partial charge is 0.124 e. The summed E-state index contributed by atoms with van der Waals surface area (Å²) < 4.78 is 15.9. The molecule has 0 atom stereocenters. The first kappa shape index (κ1) is 32.1. The van der Waals surface area contributed by atoms with Gasteiger partial charge in [-0.3, -0.25) is 0 Å². The summed E-state index contributed by atoms with van der Waals surface area (Å²) in [5, 5.41) is 2.12. The Morgan fingerprint density at radius 1 is 0.761 bits per heavy atom. The van der Waals surface area contributed by atoms with Crippen LogP contribution in [0.25, 0.3) is 55.6 Å². The van der Waals surface area contributed by atoms with Crippen molar-refractivity contribution in [3.05, 3.63) is 139 Å². The second-order valence-corrected chi connectivity index (χ2v) is 23.2. The Labute approximate surface area is 290 Å². The molecular weight excluding hydrogens is 801 g/mol. The molecule has 233 valence electrons. The number of benzene rings is 4. The number of aromatic nitrogens is 2. The van der Waals surface area contributed by atoms with Gasteiger partial charge in [0, 0.05) is 27.7 Å². The molecule has 0 aliphatic rings. The van der Waals surface area contributed by atoms with Gasteiger partial charge in [0.1, 0.15) is 5.58 Å². The quantitative estimate of drug-likeness (QED) is 0.128. The van der Waals surface area contributed by atoms with Crippen LogP contribution in [0.15, 0.2) is 120 Å². The third kappa shape index (κ3) is 7.42. The van der Waals surface area contributed by atoms with E-state index in [0.717, 1.165) is 55.6 Å². The number of nitrogens with zero attached hydrogens (tertiary/aromatic N) is 2. The van der Waals surface area contributed by atoms with Crippen molar-refractivity contribution in [3.8, 4) is 33.6 Å². The van der Waals surface area contributed by atoms with Gasteiger partial charge in [-0.2, -0.15) is 0 Å². The van der Waals surface area contributed by atoms with Crippen molar-refractivity contribution in [3.63, 3.8) is 0 Å². The predicted octanol–water partition coefficient (Wildman–Crippen LogP) is 10.6. The van der Waals surface area contributed by atoms with Gasteiger partial charge >= 0.3 is 106 Å². The summed E-state index contributed by atoms with van der Waals surface area (Å²) >= 11 is -1.77. The van der Waals surface area contributed by atoms with Crippen LogP contribution in [0.5, 0.6) is 0 Å². The van der Waals surface area contributed by atoms with Crippen LogP contribution in [0.3, 0.4) is 0 Å². The summed E-state index contributed by atoms with van der Waals surface area (Å²) in [5.41, 5.74) is 9.93. The van der Waals surface area contributed by atoms with Crippen LogP contribution in [0.1, 0.15) is 32.2 Å². The Balaban J connectivity index is 0.000000207. The fraction of sp³-hybridized carbons (Fsp3) is 0.171. The van der Waals surface area contributed by atoms with E-state index in [4.69, 9.17) is 5.79 Å². The average Bonchev–Trinajstić information content (AvgIpc) is 3.42. The number of rotatable bonds is 5. The molecule has 5 heteroatoms. The topological polar surface area (TPSA) is 38.9 Å². The monoisotopic (exact) mass is 842 g/mol. The Morgan fingerprint density at radius 2 is 1.50 bits per heavy atom. The molecule has 3 aromatic heterocycles. The minimum absolute atomic E-state index is 0. The van der Waals surface area contributed by atoms with Crippen LogP contribution < -0.4 is 4.40 Å². The number of fused-ring (bicyclic) bond motifs is 3. The van der Waals surface area contributed by atoms with Gasteiger partial charge in [0.25, 0.3) is 0 Å². The Morgan fingerprint density at radius 3 is 2.20 bits per heavy atom. The van der Waals surface area contributed by atoms with Crippen molar-refractivity contribution in [1.29, 1.82) is 0 Å². The van der Waals surface area contributed by atoms with Crippen LogP contribution in [-0.4, -0.2) is 23.2 Å². The van der Waals surface area contributed by atoms with E-state index in [0.29, 0.717) is 0 Å². The first-order chi connectivity index (χ1) is 22.0. The number of furan rings is 1. The number of pyridine rings is 2. The first-order valence-electron chi connectivity index (χ1n) is 15.8. The SMILES string of the molecule is Cc1cc(-c2[c-]cccc2)nc[c]1[Ge]([CH3])([CH3])[CH3].[2H]C(C)(C)c1ccnc(-c2[c-]c3oc4cc(-c5ccccc5)ccc4c3cc2)c1.[Ir]. The van der Waals surface area contributed by atoms with Gasteiger partial charge in [-0.1, -0.05) is 79.4 Å². The fourth-order valence-corrected chi connectivity index (χ4v) is 9.18. The van der Waals surface area contributed by atoms with E-state index in [-0.39, 0.29) is 20.1 Å². The van der Waals surface area contributed by atoms with Gasteiger partial charge < -0.3 is 9.40 Å². The summed E-state index contributed by atoms with van der Waals surface area (Å²) in [6, 6.07) is 41.3. The maximum Gasteiger partial charge on any atom is 0.124 e. The molecule has 46 heavy (non-hydrogen) atoms. The molecule has 0 aliphatic heterocycles. The molecule has 0 aliphatic carbocycles. The van der Waals surface area contributed by atoms with E-state index in [1.165, 1.54) is 15.5 Å². The largest absolute Gasteiger partial charge is 0.477 e. The van der Waals surface area contributed by atoms with Crippen molar-refractivity contribution in [2.75, 3.05) is 0 Å². The zero-order valence-electron chi connectivity index (χ0n) is 28.1. The number of aryl methyl sites for hydroxylation is 1. The molecule has 0 N–H and O–H groups in total. The van der Waals surface area contributed by atoms with E-state index in [9.17, 15) is 0 Å². The first-order valence-corrected chi connectivity index (χ1v) is 22.7. The molecule has 7 aromatic rings. The van der Waals surface area contributed by atoms with Crippen LogP contribution in [-0.2, 0) is 20.1 Å². The fourth-order valence-electron chi connectivity index (χ4n) is 5.60. The van der Waals surface area contributed by atoms with Gasteiger partial charge in [0.05, 0.1) is 5.58 Å². The van der Waals surface area contributed by atoms with Gasteiger partial charge in [0.15, 0.2) is 0 Å². The second-order valence-electron chi connectivity index (χ2n) is 12.6. The zero-order chi connectivity index (χ0) is 32.5. The molecule has 0 fully saturated rings. The summed E-state index contributed by atoms with van der Waals surface area (Å²) in [4.78, 5) is 9.07. The molecule has 0 bridgehead atoms. The predicted molar refractivity (Wildman–Crippen MR) is 192 cm³/mol. The van der Waals surface area contributed by atoms with E-state index in [1.807, 2.05) is 68.4 Å². The minimum Gasteiger partial charge on any atom is -0.477 e. The maximum atomic E-state index is 8.27. The van der Waals surface area contributed by atoms with Crippen molar-refractivity contribution >= 4 is 39.6 Å². The van der Waals surface area contributed by atoms with E-state index >= 15 is 0 Å².